The first-order valence-corrected chi connectivity index (χ1v) is 7.21. The van der Waals surface area contributed by atoms with E-state index in [2.05, 4.69) is 0 Å². The predicted octanol–water partition coefficient (Wildman–Crippen LogP) is 0.747. The Kier molecular flexibility index (Phi) is 11.9. The van der Waals surface area contributed by atoms with Gasteiger partial charge in [-0.15, -0.1) is 13.2 Å². The van der Waals surface area contributed by atoms with Crippen molar-refractivity contribution in [2.75, 3.05) is 28.4 Å². The maximum Gasteiger partial charge on any atom is 2.00 e. The fourth-order valence-electron chi connectivity index (χ4n) is 1.94. The molecule has 0 aromatic heterocycles. The summed E-state index contributed by atoms with van der Waals surface area (Å²) in [5.41, 5.74) is 1.30. The summed E-state index contributed by atoms with van der Waals surface area (Å²) in [4.78, 5) is 0. The molecule has 134 valence electrons. The van der Waals surface area contributed by atoms with Crippen molar-refractivity contribution in [2.45, 2.75) is 13.2 Å². The number of hydrogen-bond acceptors (Lipinski definition) is 6. The zero-order chi connectivity index (χ0) is 17.9. The van der Waals surface area contributed by atoms with Gasteiger partial charge in [-0.2, -0.15) is 0 Å². The molecule has 0 unspecified atom stereocenters. The van der Waals surface area contributed by atoms with Gasteiger partial charge in [0.1, 0.15) is 23.0 Å². The summed E-state index contributed by atoms with van der Waals surface area (Å²) in [7, 11) is 6.22. The summed E-state index contributed by atoms with van der Waals surface area (Å²) in [5, 5.41) is 21.2. The summed E-state index contributed by atoms with van der Waals surface area (Å²) >= 11 is 0. The average molecular weight is 453 g/mol. The molecule has 2 aromatic carbocycles. The van der Waals surface area contributed by atoms with E-state index in [1.165, 1.54) is 14.2 Å². The van der Waals surface area contributed by atoms with Crippen LogP contribution < -0.4 is 29.2 Å². The smallest absolute Gasteiger partial charge is 0.851 e. The van der Waals surface area contributed by atoms with Crippen LogP contribution in [0.25, 0.3) is 0 Å². The Bertz CT molecular complexity index is 577. The van der Waals surface area contributed by atoms with Crippen LogP contribution in [0.5, 0.6) is 23.0 Å². The fourth-order valence-corrected chi connectivity index (χ4v) is 1.94. The van der Waals surface area contributed by atoms with Crippen molar-refractivity contribution in [3.63, 3.8) is 0 Å². The summed E-state index contributed by atoms with van der Waals surface area (Å²) in [6.45, 7) is -0.541. The van der Waals surface area contributed by atoms with Crippen molar-refractivity contribution in [3.05, 3.63) is 47.5 Å². The second kappa shape index (κ2) is 12.7. The molecule has 2 aromatic rings. The maximum atomic E-state index is 10.6. The van der Waals surface area contributed by atoms with Crippen molar-refractivity contribution in [1.82, 2.24) is 0 Å². The van der Waals surface area contributed by atoms with Gasteiger partial charge in [0.05, 0.1) is 28.4 Å². The number of ether oxygens (including phenoxy) is 4. The molecule has 0 amide bonds. The third kappa shape index (κ3) is 7.01. The first kappa shape index (κ1) is 23.4. The normalized spacial score (nSPS) is 9.20. The van der Waals surface area contributed by atoms with Crippen LogP contribution in [0.3, 0.4) is 0 Å². The van der Waals surface area contributed by atoms with Crippen LogP contribution in [0.2, 0.25) is 0 Å². The molecule has 0 spiro atoms. The van der Waals surface area contributed by atoms with Crippen LogP contribution in [-0.2, 0) is 13.2 Å². The maximum absolute atomic E-state index is 10.6. The van der Waals surface area contributed by atoms with E-state index in [1.54, 1.807) is 50.6 Å². The molecule has 2 rings (SSSR count). The molecule has 0 heterocycles. The number of benzene rings is 2. The minimum Gasteiger partial charge on any atom is -0.851 e. The average Bonchev–Trinajstić information content (AvgIpc) is 2.67. The zero-order valence-electron chi connectivity index (χ0n) is 14.8. The first-order valence-electron chi connectivity index (χ1n) is 7.21. The number of methoxy groups -OCH3 is 4. The summed E-state index contributed by atoms with van der Waals surface area (Å²) in [5.74, 6) is 2.57. The molecule has 6 nitrogen and oxygen atoms in total. The molecule has 2 radical (unpaired) electrons. The third-order valence-corrected chi connectivity index (χ3v) is 3.30. The second-order valence-corrected chi connectivity index (χ2v) is 4.64. The summed E-state index contributed by atoms with van der Waals surface area (Å²) in [6, 6.07) is 10.3. The van der Waals surface area contributed by atoms with Crippen LogP contribution in [0.4, 0.5) is 0 Å². The Hall–Kier alpha value is -1.64. The first-order chi connectivity index (χ1) is 11.6. The van der Waals surface area contributed by atoms with Gasteiger partial charge in [-0.3, -0.25) is 0 Å². The van der Waals surface area contributed by atoms with Gasteiger partial charge < -0.3 is 29.2 Å². The fraction of sp³-hybridized carbons (Fsp3) is 0.333. The quantitative estimate of drug-likeness (QED) is 0.601. The topological polar surface area (TPSA) is 83.0 Å². The van der Waals surface area contributed by atoms with Crippen molar-refractivity contribution in [1.29, 1.82) is 0 Å². The molecule has 0 aliphatic rings. The van der Waals surface area contributed by atoms with E-state index in [1.807, 2.05) is 0 Å². The van der Waals surface area contributed by atoms with Gasteiger partial charge in [-0.25, -0.2) is 0 Å². The molecule has 0 saturated heterocycles. The van der Waals surface area contributed by atoms with Crippen molar-refractivity contribution < 1.29 is 29.2 Å². The second-order valence-electron chi connectivity index (χ2n) is 4.64. The minimum atomic E-state index is -0.271. The van der Waals surface area contributed by atoms with Gasteiger partial charge in [0.25, 0.3) is 0 Å². The van der Waals surface area contributed by atoms with E-state index >= 15 is 0 Å². The van der Waals surface area contributed by atoms with Gasteiger partial charge in [-0.1, -0.05) is 12.1 Å². The van der Waals surface area contributed by atoms with Crippen molar-refractivity contribution >= 4 is 23.9 Å². The molecular weight excluding hydrogens is 431 g/mol. The van der Waals surface area contributed by atoms with E-state index in [-0.39, 0.29) is 37.1 Å². The molecule has 0 saturated carbocycles. The molecule has 0 atom stereocenters. The van der Waals surface area contributed by atoms with E-state index in [9.17, 15) is 10.2 Å². The van der Waals surface area contributed by atoms with Gasteiger partial charge >= 0.3 is 23.9 Å². The van der Waals surface area contributed by atoms with Gasteiger partial charge in [0.2, 0.25) is 0 Å². The molecule has 0 bridgehead atoms. The van der Waals surface area contributed by atoms with Crippen LogP contribution in [-0.4, -0.2) is 52.3 Å². The Morgan fingerprint density at radius 2 is 1.00 bits per heavy atom. The largest absolute Gasteiger partial charge is 2.00 e. The minimum absolute atomic E-state index is 0. The van der Waals surface area contributed by atoms with E-state index < -0.39 is 0 Å². The Balaban J connectivity index is 0.000000443. The molecular formula is C18H22O6Sn. The Morgan fingerprint density at radius 1 is 0.640 bits per heavy atom. The van der Waals surface area contributed by atoms with E-state index in [0.29, 0.717) is 34.1 Å². The van der Waals surface area contributed by atoms with E-state index in [4.69, 9.17) is 18.9 Å². The van der Waals surface area contributed by atoms with Gasteiger partial charge in [0, 0.05) is 12.1 Å². The number of rotatable bonds is 6. The zero-order valence-corrected chi connectivity index (χ0v) is 17.7. The standard InChI is InChI=1S/2C9H11O3.Sn/c2*1-11-8-4-3-7(6-10)9(5-8)12-2;/h2*3-5H,6H2,1-2H3;/q2*-1;+2. The third-order valence-electron chi connectivity index (χ3n) is 3.30. The van der Waals surface area contributed by atoms with Crippen LogP contribution >= 0.6 is 0 Å². The summed E-state index contributed by atoms with van der Waals surface area (Å²) < 4.78 is 19.9. The SMILES string of the molecule is COc1ccc(C[O-])c(OC)c1.COc1ccc(C[O-])c(OC)c1.[Sn+2]. The van der Waals surface area contributed by atoms with Gasteiger partial charge in [-0.05, 0) is 23.3 Å². The molecule has 0 aliphatic heterocycles. The molecule has 0 N–H and O–H groups in total. The van der Waals surface area contributed by atoms with Gasteiger partial charge in [0.15, 0.2) is 0 Å². The Labute approximate surface area is 165 Å². The van der Waals surface area contributed by atoms with Crippen LogP contribution in [0, 0.1) is 0 Å². The van der Waals surface area contributed by atoms with E-state index in [0.717, 1.165) is 0 Å². The van der Waals surface area contributed by atoms with Crippen LogP contribution in [0.15, 0.2) is 36.4 Å². The molecule has 25 heavy (non-hydrogen) atoms. The summed E-state index contributed by atoms with van der Waals surface area (Å²) in [6.07, 6.45) is 0. The predicted molar refractivity (Wildman–Crippen MR) is 92.3 cm³/mol. The molecule has 0 fully saturated rings. The van der Waals surface area contributed by atoms with Crippen LogP contribution in [0.1, 0.15) is 11.1 Å². The molecule has 0 aliphatic carbocycles. The number of hydrogen-bond donors (Lipinski definition) is 0. The Morgan fingerprint density at radius 3 is 1.24 bits per heavy atom. The molecule has 7 heteroatoms. The monoisotopic (exact) mass is 454 g/mol. The van der Waals surface area contributed by atoms with Crippen molar-refractivity contribution in [3.8, 4) is 23.0 Å². The van der Waals surface area contributed by atoms with Crippen molar-refractivity contribution in [2.24, 2.45) is 0 Å².